The standard InChI is InChI=1S/C16H14ClN3O2/c1-22-15-5-3-12(17)6-11(15)7-16(21)19-13-4-2-10-9-18-20-14(10)8-13/h2-6,8-9H,7H2,1H3,(H,18,20)(H,19,21). The quantitative estimate of drug-likeness (QED) is 0.775. The van der Waals surface area contributed by atoms with Crippen molar-refractivity contribution in [3.63, 3.8) is 0 Å². The number of carbonyl (C=O) groups is 1. The van der Waals surface area contributed by atoms with E-state index in [0.717, 1.165) is 16.5 Å². The Hall–Kier alpha value is -2.53. The van der Waals surface area contributed by atoms with E-state index in [9.17, 15) is 4.79 Å². The van der Waals surface area contributed by atoms with Crippen LogP contribution in [0.1, 0.15) is 5.56 Å². The summed E-state index contributed by atoms with van der Waals surface area (Å²) in [7, 11) is 1.57. The number of anilines is 1. The Labute approximate surface area is 132 Å². The number of fused-ring (bicyclic) bond motifs is 1. The lowest BCUT2D eigenvalue weighted by molar-refractivity contribution is -0.115. The molecule has 0 spiro atoms. The fraction of sp³-hybridized carbons (Fsp3) is 0.125. The van der Waals surface area contributed by atoms with Gasteiger partial charge in [0.1, 0.15) is 5.75 Å². The van der Waals surface area contributed by atoms with Crippen molar-refractivity contribution in [2.75, 3.05) is 12.4 Å². The molecule has 0 radical (unpaired) electrons. The molecule has 0 aliphatic heterocycles. The zero-order valence-electron chi connectivity index (χ0n) is 11.9. The number of aromatic nitrogens is 2. The number of benzene rings is 2. The predicted molar refractivity (Wildman–Crippen MR) is 86.4 cm³/mol. The summed E-state index contributed by atoms with van der Waals surface area (Å²) >= 11 is 5.97. The second-order valence-corrected chi connectivity index (χ2v) is 5.29. The van der Waals surface area contributed by atoms with E-state index in [1.54, 1.807) is 31.5 Å². The molecule has 5 nitrogen and oxygen atoms in total. The molecule has 0 saturated heterocycles. The highest BCUT2D eigenvalue weighted by Gasteiger charge is 2.10. The van der Waals surface area contributed by atoms with Gasteiger partial charge >= 0.3 is 0 Å². The number of methoxy groups -OCH3 is 1. The smallest absolute Gasteiger partial charge is 0.228 e. The summed E-state index contributed by atoms with van der Waals surface area (Å²) in [5.74, 6) is 0.503. The third-order valence-corrected chi connectivity index (χ3v) is 3.55. The molecule has 0 aliphatic carbocycles. The maximum Gasteiger partial charge on any atom is 0.228 e. The van der Waals surface area contributed by atoms with Crippen molar-refractivity contribution < 1.29 is 9.53 Å². The predicted octanol–water partition coefficient (Wildman–Crippen LogP) is 3.41. The molecule has 1 amide bonds. The Balaban J connectivity index is 1.76. The first-order valence-electron chi connectivity index (χ1n) is 6.71. The molecule has 112 valence electrons. The molecule has 0 bridgehead atoms. The number of hydrogen-bond donors (Lipinski definition) is 2. The number of hydrogen-bond acceptors (Lipinski definition) is 3. The first kappa shape index (κ1) is 14.4. The molecule has 22 heavy (non-hydrogen) atoms. The minimum atomic E-state index is -0.139. The summed E-state index contributed by atoms with van der Waals surface area (Å²) in [6.07, 6.45) is 1.92. The van der Waals surface area contributed by atoms with Crippen molar-refractivity contribution in [1.82, 2.24) is 10.2 Å². The maximum atomic E-state index is 12.2. The number of carbonyl (C=O) groups excluding carboxylic acids is 1. The second-order valence-electron chi connectivity index (χ2n) is 4.85. The average Bonchev–Trinajstić information content (AvgIpc) is 2.95. The molecule has 1 aromatic heterocycles. The molecule has 0 unspecified atom stereocenters. The van der Waals surface area contributed by atoms with Crippen molar-refractivity contribution in [3.05, 3.63) is 53.2 Å². The van der Waals surface area contributed by atoms with Crippen LogP contribution in [0.25, 0.3) is 10.9 Å². The Morgan fingerprint density at radius 3 is 3.00 bits per heavy atom. The van der Waals surface area contributed by atoms with Crippen LogP contribution in [0.4, 0.5) is 5.69 Å². The highest BCUT2D eigenvalue weighted by molar-refractivity contribution is 6.30. The van der Waals surface area contributed by atoms with Crippen LogP contribution in [0.15, 0.2) is 42.6 Å². The van der Waals surface area contributed by atoms with E-state index in [-0.39, 0.29) is 12.3 Å². The van der Waals surface area contributed by atoms with Crippen LogP contribution in [0.2, 0.25) is 5.02 Å². The monoisotopic (exact) mass is 315 g/mol. The zero-order chi connectivity index (χ0) is 15.5. The summed E-state index contributed by atoms with van der Waals surface area (Å²) in [5.41, 5.74) is 2.33. The fourth-order valence-corrected chi connectivity index (χ4v) is 2.47. The van der Waals surface area contributed by atoms with Crippen LogP contribution < -0.4 is 10.1 Å². The number of rotatable bonds is 4. The zero-order valence-corrected chi connectivity index (χ0v) is 12.6. The van der Waals surface area contributed by atoms with Gasteiger partial charge in [0.15, 0.2) is 0 Å². The number of amides is 1. The van der Waals surface area contributed by atoms with Gasteiger partial charge in [-0.1, -0.05) is 11.6 Å². The summed E-state index contributed by atoms with van der Waals surface area (Å²) in [5, 5.41) is 11.2. The highest BCUT2D eigenvalue weighted by atomic mass is 35.5. The highest BCUT2D eigenvalue weighted by Crippen LogP contribution is 2.24. The van der Waals surface area contributed by atoms with Crippen LogP contribution in [0.5, 0.6) is 5.75 Å². The third kappa shape index (κ3) is 3.04. The Morgan fingerprint density at radius 1 is 1.32 bits per heavy atom. The molecule has 2 N–H and O–H groups in total. The number of H-pyrrole nitrogens is 1. The summed E-state index contributed by atoms with van der Waals surface area (Å²) < 4.78 is 5.25. The van der Waals surface area contributed by atoms with Crippen molar-refractivity contribution in [2.24, 2.45) is 0 Å². The molecule has 3 rings (SSSR count). The molecule has 0 aliphatic rings. The number of ether oxygens (including phenoxy) is 1. The summed E-state index contributed by atoms with van der Waals surface area (Å²) in [4.78, 5) is 12.2. The van der Waals surface area contributed by atoms with E-state index in [0.29, 0.717) is 16.5 Å². The maximum absolute atomic E-state index is 12.2. The minimum Gasteiger partial charge on any atom is -0.496 e. The molecule has 1 heterocycles. The van der Waals surface area contributed by atoms with E-state index in [1.165, 1.54) is 0 Å². The third-order valence-electron chi connectivity index (χ3n) is 3.32. The largest absolute Gasteiger partial charge is 0.496 e. The fourth-order valence-electron chi connectivity index (χ4n) is 2.28. The number of nitrogens with one attached hydrogen (secondary N) is 2. The van der Waals surface area contributed by atoms with Gasteiger partial charge in [-0.2, -0.15) is 5.10 Å². The SMILES string of the molecule is COc1ccc(Cl)cc1CC(=O)Nc1ccc2cn[nH]c2c1. The van der Waals surface area contributed by atoms with Gasteiger partial charge in [0.2, 0.25) is 5.91 Å². The normalized spacial score (nSPS) is 10.6. The van der Waals surface area contributed by atoms with Crippen molar-refractivity contribution in [3.8, 4) is 5.75 Å². The van der Waals surface area contributed by atoms with Gasteiger partial charge < -0.3 is 10.1 Å². The van der Waals surface area contributed by atoms with E-state index < -0.39 is 0 Å². The van der Waals surface area contributed by atoms with Gasteiger partial charge in [-0.3, -0.25) is 9.89 Å². The molecule has 2 aromatic carbocycles. The Morgan fingerprint density at radius 2 is 2.18 bits per heavy atom. The van der Waals surface area contributed by atoms with Crippen LogP contribution in [-0.4, -0.2) is 23.2 Å². The summed E-state index contributed by atoms with van der Waals surface area (Å²) in [6, 6.07) is 10.8. The van der Waals surface area contributed by atoms with Crippen LogP contribution >= 0.6 is 11.6 Å². The Kier molecular flexibility index (Phi) is 3.98. The van der Waals surface area contributed by atoms with Gasteiger partial charge in [0.05, 0.1) is 25.2 Å². The number of nitrogens with zero attached hydrogens (tertiary/aromatic N) is 1. The molecule has 3 aromatic rings. The molecule has 0 atom stereocenters. The van der Waals surface area contributed by atoms with Crippen molar-refractivity contribution in [1.29, 1.82) is 0 Å². The minimum absolute atomic E-state index is 0.139. The first-order valence-corrected chi connectivity index (χ1v) is 7.09. The molecular formula is C16H14ClN3O2. The molecule has 6 heteroatoms. The van der Waals surface area contributed by atoms with Gasteiger partial charge in [-0.05, 0) is 36.4 Å². The molecule has 0 fully saturated rings. The van der Waals surface area contributed by atoms with Gasteiger partial charge in [0, 0.05) is 21.7 Å². The van der Waals surface area contributed by atoms with Gasteiger partial charge in [-0.15, -0.1) is 0 Å². The lowest BCUT2D eigenvalue weighted by Gasteiger charge is -2.09. The average molecular weight is 316 g/mol. The Bertz CT molecular complexity index is 829. The lowest BCUT2D eigenvalue weighted by Crippen LogP contribution is -2.14. The lowest BCUT2D eigenvalue weighted by atomic mass is 10.1. The number of aromatic amines is 1. The summed E-state index contributed by atoms with van der Waals surface area (Å²) in [6.45, 7) is 0. The van der Waals surface area contributed by atoms with Crippen molar-refractivity contribution in [2.45, 2.75) is 6.42 Å². The number of halogens is 1. The van der Waals surface area contributed by atoms with E-state index in [4.69, 9.17) is 16.3 Å². The topological polar surface area (TPSA) is 67.0 Å². The first-order chi connectivity index (χ1) is 10.7. The van der Waals surface area contributed by atoms with Crippen LogP contribution in [0.3, 0.4) is 0 Å². The molecule has 0 saturated carbocycles. The van der Waals surface area contributed by atoms with E-state index >= 15 is 0 Å². The molecular weight excluding hydrogens is 302 g/mol. The van der Waals surface area contributed by atoms with E-state index in [1.807, 2.05) is 18.2 Å². The van der Waals surface area contributed by atoms with E-state index in [2.05, 4.69) is 15.5 Å². The second kappa shape index (κ2) is 6.07. The van der Waals surface area contributed by atoms with Gasteiger partial charge in [0.25, 0.3) is 0 Å². The van der Waals surface area contributed by atoms with Crippen molar-refractivity contribution >= 4 is 34.1 Å². The van der Waals surface area contributed by atoms with Crippen LogP contribution in [-0.2, 0) is 11.2 Å². The van der Waals surface area contributed by atoms with Crippen LogP contribution in [0, 0.1) is 0 Å². The van der Waals surface area contributed by atoms with Gasteiger partial charge in [-0.25, -0.2) is 0 Å².